The zero-order valence-corrected chi connectivity index (χ0v) is 47.0. The molecule has 12 rings (SSSR count). The van der Waals surface area contributed by atoms with Gasteiger partial charge in [-0.15, -0.1) is 0 Å². The molecule has 0 aliphatic carbocycles. The number of oxime groups is 1. The molecule has 408 valence electrons. The summed E-state index contributed by atoms with van der Waals surface area (Å²) in [4.78, 5) is 65.1. The third kappa shape index (κ3) is 10.9. The number of carbonyl (C=O) groups excluding carboxylic acids is 3. The van der Waals surface area contributed by atoms with E-state index in [0.29, 0.717) is 22.9 Å². The Morgan fingerprint density at radius 2 is 1.08 bits per heavy atom. The highest BCUT2D eigenvalue weighted by Crippen LogP contribution is 2.47. The molecule has 2 atom stereocenters. The van der Waals surface area contributed by atoms with E-state index in [2.05, 4.69) is 52.0 Å². The monoisotopic (exact) mass is 1140 g/mol. The summed E-state index contributed by atoms with van der Waals surface area (Å²) in [6, 6.07) is 80.2. The Hall–Kier alpha value is -9.40. The maximum Gasteiger partial charge on any atom is 0.356 e. The van der Waals surface area contributed by atoms with Crippen LogP contribution in [0, 0.1) is 0 Å². The number of carbonyl (C=O) groups is 3. The number of nitrogens with one attached hydrogen (secondary N) is 2. The van der Waals surface area contributed by atoms with E-state index in [4.69, 9.17) is 31.3 Å². The Kier molecular flexibility index (Phi) is 15.9. The normalized spacial score (nSPS) is 15.2. The highest BCUT2D eigenvalue weighted by molar-refractivity contribution is 8.03. The van der Waals surface area contributed by atoms with Gasteiger partial charge in [0.05, 0.1) is 6.04 Å². The first kappa shape index (κ1) is 54.2. The molecule has 4 heterocycles. The van der Waals surface area contributed by atoms with Gasteiger partial charge >= 0.3 is 5.97 Å². The van der Waals surface area contributed by atoms with Gasteiger partial charge in [-0.05, 0) is 52.8 Å². The van der Waals surface area contributed by atoms with Crippen LogP contribution in [0.4, 0.5) is 5.13 Å². The van der Waals surface area contributed by atoms with E-state index in [1.807, 2.05) is 218 Å². The van der Waals surface area contributed by atoms with Crippen molar-refractivity contribution in [3.63, 3.8) is 0 Å². The molecule has 1 fully saturated rings. The number of thiazole rings is 1. The van der Waals surface area contributed by atoms with Crippen LogP contribution in [0.1, 0.15) is 69.1 Å². The van der Waals surface area contributed by atoms with E-state index in [1.165, 1.54) is 16.7 Å². The van der Waals surface area contributed by atoms with Crippen molar-refractivity contribution in [2.24, 2.45) is 5.16 Å². The molecule has 10 aromatic rings. The van der Waals surface area contributed by atoms with Crippen LogP contribution in [-0.4, -0.2) is 50.4 Å². The maximum atomic E-state index is 15.7. The number of nitrogens with zero attached hydrogens (tertiary/aromatic N) is 4. The number of hydrogen-bond acceptors (Lipinski definition) is 11. The molecule has 11 nitrogen and oxygen atoms in total. The number of benzene rings is 8. The van der Waals surface area contributed by atoms with E-state index < -0.39 is 47.1 Å². The van der Waals surface area contributed by atoms with Crippen molar-refractivity contribution in [2.75, 3.05) is 5.32 Å². The van der Waals surface area contributed by atoms with Crippen LogP contribution < -0.4 is 10.6 Å². The Bertz CT molecular complexity index is 3690. The van der Waals surface area contributed by atoms with Crippen LogP contribution in [0.25, 0.3) is 0 Å². The minimum atomic E-state index is -1.42. The van der Waals surface area contributed by atoms with Crippen LogP contribution in [0.3, 0.4) is 0 Å². The van der Waals surface area contributed by atoms with Gasteiger partial charge < -0.3 is 20.2 Å². The van der Waals surface area contributed by atoms with Crippen molar-refractivity contribution in [1.82, 2.24) is 20.2 Å². The summed E-state index contributed by atoms with van der Waals surface area (Å²) in [6.45, 7) is 0. The molecule has 2 aromatic heterocycles. The van der Waals surface area contributed by atoms with Gasteiger partial charge in [-0.25, -0.2) is 9.78 Å². The van der Waals surface area contributed by atoms with Gasteiger partial charge in [0.15, 0.2) is 16.9 Å². The third-order valence-electron chi connectivity index (χ3n) is 14.9. The van der Waals surface area contributed by atoms with E-state index in [0.717, 1.165) is 60.7 Å². The lowest BCUT2D eigenvalue weighted by Gasteiger charge is -2.50. The van der Waals surface area contributed by atoms with Crippen LogP contribution in [0.2, 0.25) is 4.34 Å². The van der Waals surface area contributed by atoms with Crippen LogP contribution in [0.15, 0.2) is 288 Å². The molecule has 0 bridgehead atoms. The van der Waals surface area contributed by atoms with Crippen molar-refractivity contribution in [3.8, 4) is 0 Å². The number of aromatic nitrogens is 2. The molecule has 2 N–H and O–H groups in total. The lowest BCUT2D eigenvalue weighted by molar-refractivity contribution is -0.158. The molecule has 1 saturated heterocycles. The number of β-lactam (4-membered cyclic amide) rings is 1. The first-order chi connectivity index (χ1) is 40.8. The molecule has 0 unspecified atom stereocenters. The summed E-state index contributed by atoms with van der Waals surface area (Å²) < 4.78 is 6.61. The van der Waals surface area contributed by atoms with E-state index in [9.17, 15) is 0 Å². The fourth-order valence-corrected chi connectivity index (χ4v) is 13.2. The lowest BCUT2D eigenvalue weighted by atomic mass is 9.77. The molecule has 0 saturated carbocycles. The standard InChI is InChI=1S/C69H53ClN6O5S2/c70-63-59(73-67(83-63)74-68(49-30-13-3-14-31-49,50-32-15-4-16-33-50)51-34-17-5-18-35-51)60(75-81-69(52-36-19-6-20-37-52,53-38-21-7-22-39-53)54-40-23-8-24-41-54)64(77)72-58-56-43-44-57(82-55-42-25-45-71-46-55)61(76(56)65(58)78)66(79)80-62(47-26-9-1-10-27-47)48-28-11-2-12-29-48/h1-42,45-46,56,58,62H,43-44H2,(H,72,77)(H,73,74)/b75-60-/t56-,58+/m1/s1. The van der Waals surface area contributed by atoms with Gasteiger partial charge in [0.1, 0.15) is 27.3 Å². The van der Waals surface area contributed by atoms with Crippen molar-refractivity contribution in [1.29, 1.82) is 0 Å². The average Bonchev–Trinajstić information content (AvgIpc) is 4.01. The number of fused-ring (bicyclic) bond motifs is 1. The number of allylic oxidation sites excluding steroid dienone is 1. The number of anilines is 1. The summed E-state index contributed by atoms with van der Waals surface area (Å²) >= 11 is 9.90. The first-order valence-electron chi connectivity index (χ1n) is 27.1. The topological polar surface area (TPSA) is 135 Å². The summed E-state index contributed by atoms with van der Waals surface area (Å²) in [6.07, 6.45) is 3.40. The van der Waals surface area contributed by atoms with Gasteiger partial charge in [0, 0.05) is 38.9 Å². The Morgan fingerprint density at radius 1 is 0.627 bits per heavy atom. The third-order valence-corrected chi connectivity index (χ3v) is 17.2. The van der Waals surface area contributed by atoms with E-state index in [-0.39, 0.29) is 21.4 Å². The van der Waals surface area contributed by atoms with Gasteiger partial charge in [0.2, 0.25) is 5.60 Å². The largest absolute Gasteiger partial charge is 0.448 e. The SMILES string of the molecule is O=C(OC(c1ccccc1)c1ccccc1)C1=C(Sc2cccnc2)CC[C@@H]2[C@H](NC(=O)/C(=N\OC(c3ccccc3)(c3ccccc3)c3ccccc3)c3nc(NC(c4ccccc4)(c4ccccc4)c4ccccc4)sc3Cl)C(=O)N12. The molecule has 14 heteroatoms. The quantitative estimate of drug-likeness (QED) is 0.0267. The fraction of sp³-hybridized carbons (Fsp3) is 0.101. The molecule has 2 amide bonds. The van der Waals surface area contributed by atoms with Crippen molar-refractivity contribution in [3.05, 3.63) is 332 Å². The molecule has 2 aliphatic heterocycles. The average molecular weight is 1150 g/mol. The second-order valence-electron chi connectivity index (χ2n) is 19.9. The number of halogens is 1. The lowest BCUT2D eigenvalue weighted by Crippen LogP contribution is -2.72. The fourth-order valence-electron chi connectivity index (χ4n) is 11.0. The van der Waals surface area contributed by atoms with Crippen LogP contribution in [0.5, 0.6) is 0 Å². The van der Waals surface area contributed by atoms with Gasteiger partial charge in [-0.2, -0.15) is 0 Å². The maximum absolute atomic E-state index is 15.7. The minimum Gasteiger partial charge on any atom is -0.448 e. The zero-order chi connectivity index (χ0) is 56.6. The predicted octanol–water partition coefficient (Wildman–Crippen LogP) is 14.1. The first-order valence-corrected chi connectivity index (χ1v) is 29.1. The smallest absolute Gasteiger partial charge is 0.356 e. The number of ether oxygens (including phenoxy) is 1. The molecule has 2 aliphatic rings. The zero-order valence-electron chi connectivity index (χ0n) is 44.6. The van der Waals surface area contributed by atoms with Gasteiger partial charge in [0.25, 0.3) is 11.8 Å². The number of hydrogen-bond donors (Lipinski definition) is 2. The number of pyridine rings is 1. The molecular formula is C69H53ClN6O5S2. The van der Waals surface area contributed by atoms with E-state index >= 15 is 14.4 Å². The second kappa shape index (κ2) is 24.4. The molecular weight excluding hydrogens is 1090 g/mol. The molecule has 0 radical (unpaired) electrons. The van der Waals surface area contributed by atoms with Crippen molar-refractivity contribution >= 4 is 63.3 Å². The minimum absolute atomic E-state index is 0.0160. The van der Waals surface area contributed by atoms with Crippen LogP contribution in [-0.2, 0) is 35.1 Å². The van der Waals surface area contributed by atoms with E-state index in [1.54, 1.807) is 12.4 Å². The molecule has 0 spiro atoms. The number of amides is 2. The van der Waals surface area contributed by atoms with Crippen molar-refractivity contribution in [2.45, 2.75) is 47.1 Å². The summed E-state index contributed by atoms with van der Waals surface area (Å²) in [5.74, 6) is -1.96. The Labute approximate surface area is 494 Å². The summed E-state index contributed by atoms with van der Waals surface area (Å²) in [5.41, 5.74) is 3.89. The highest BCUT2D eigenvalue weighted by Gasteiger charge is 2.55. The Morgan fingerprint density at radius 3 is 1.54 bits per heavy atom. The Balaban J connectivity index is 0.951. The number of rotatable bonds is 19. The van der Waals surface area contributed by atoms with Gasteiger partial charge in [-0.3, -0.25) is 19.5 Å². The van der Waals surface area contributed by atoms with Crippen molar-refractivity contribution < 1.29 is 24.0 Å². The summed E-state index contributed by atoms with van der Waals surface area (Å²) in [7, 11) is 0. The summed E-state index contributed by atoms with van der Waals surface area (Å²) in [5, 5.41) is 12.1. The molecule has 83 heavy (non-hydrogen) atoms. The molecule has 8 aromatic carbocycles. The highest BCUT2D eigenvalue weighted by atomic mass is 35.5. The second-order valence-corrected chi connectivity index (χ2v) is 22.6. The number of esters is 1. The van der Waals surface area contributed by atoms with Gasteiger partial charge in [-0.1, -0.05) is 283 Å². The van der Waals surface area contributed by atoms with Crippen LogP contribution >= 0.6 is 34.7 Å². The number of thioether (sulfide) groups is 1. The predicted molar refractivity (Wildman–Crippen MR) is 327 cm³/mol.